The lowest BCUT2D eigenvalue weighted by atomic mass is 9.94. The van der Waals surface area contributed by atoms with E-state index < -0.39 is 0 Å². The van der Waals surface area contributed by atoms with Crippen LogP contribution in [0.5, 0.6) is 0 Å². The van der Waals surface area contributed by atoms with E-state index in [2.05, 4.69) is 31.2 Å². The second kappa shape index (κ2) is 5.62. The van der Waals surface area contributed by atoms with E-state index >= 15 is 0 Å². The van der Waals surface area contributed by atoms with Crippen LogP contribution in [0.25, 0.3) is 11.1 Å². The highest BCUT2D eigenvalue weighted by Crippen LogP contribution is 2.33. The number of ketones is 1. The first-order valence-electron chi connectivity index (χ1n) is 7.44. The Bertz CT molecular complexity index is 583. The van der Waals surface area contributed by atoms with E-state index in [9.17, 15) is 4.79 Å². The number of hydrogen-bond donors (Lipinski definition) is 0. The monoisotopic (exact) mass is 264 g/mol. The average Bonchev–Trinajstić information content (AvgIpc) is 2.94. The van der Waals surface area contributed by atoms with Crippen molar-refractivity contribution in [1.82, 2.24) is 0 Å². The highest BCUT2D eigenvalue weighted by molar-refractivity contribution is 5.98. The number of Topliss-reactive ketones (excluding diaryl/α,β-unsaturated/α-hetero) is 1. The molecular weight excluding hydrogens is 244 g/mol. The van der Waals surface area contributed by atoms with Crippen molar-refractivity contribution in [2.75, 3.05) is 0 Å². The summed E-state index contributed by atoms with van der Waals surface area (Å²) in [5.74, 6) is 1.27. The van der Waals surface area contributed by atoms with Gasteiger partial charge in [-0.05, 0) is 36.3 Å². The molecule has 1 saturated carbocycles. The third-order valence-electron chi connectivity index (χ3n) is 4.34. The summed E-state index contributed by atoms with van der Waals surface area (Å²) in [5, 5.41) is 0. The molecule has 3 rings (SSSR count). The first-order valence-corrected chi connectivity index (χ1v) is 7.44. The van der Waals surface area contributed by atoms with Gasteiger partial charge in [-0.3, -0.25) is 4.79 Å². The van der Waals surface area contributed by atoms with Crippen LogP contribution in [0.2, 0.25) is 0 Å². The van der Waals surface area contributed by atoms with Crippen LogP contribution >= 0.6 is 0 Å². The molecule has 1 aliphatic rings. The predicted octanol–water partition coefficient (Wildman–Crippen LogP) is 4.97. The predicted molar refractivity (Wildman–Crippen MR) is 82.7 cm³/mol. The fourth-order valence-electron chi connectivity index (χ4n) is 3.14. The summed E-state index contributed by atoms with van der Waals surface area (Å²) in [7, 11) is 0. The van der Waals surface area contributed by atoms with Crippen molar-refractivity contribution in [2.45, 2.75) is 26.2 Å². The molecule has 1 fully saturated rings. The maximum atomic E-state index is 12.4. The van der Waals surface area contributed by atoms with Crippen LogP contribution in [-0.2, 0) is 0 Å². The van der Waals surface area contributed by atoms with Crippen molar-refractivity contribution >= 4 is 5.78 Å². The minimum Gasteiger partial charge on any atom is -0.294 e. The Morgan fingerprint density at radius 1 is 0.900 bits per heavy atom. The summed E-state index contributed by atoms with van der Waals surface area (Å²) in [5.41, 5.74) is 3.23. The van der Waals surface area contributed by atoms with Gasteiger partial charge in [-0.25, -0.2) is 0 Å². The van der Waals surface area contributed by atoms with Crippen LogP contribution in [-0.4, -0.2) is 5.78 Å². The molecule has 2 atom stereocenters. The number of benzene rings is 2. The van der Waals surface area contributed by atoms with Crippen LogP contribution in [0, 0.1) is 11.8 Å². The molecule has 102 valence electrons. The minimum atomic E-state index is 0.243. The van der Waals surface area contributed by atoms with E-state index in [4.69, 9.17) is 0 Å². The number of hydrogen-bond acceptors (Lipinski definition) is 1. The van der Waals surface area contributed by atoms with Crippen molar-refractivity contribution in [2.24, 2.45) is 11.8 Å². The van der Waals surface area contributed by atoms with Crippen molar-refractivity contribution < 1.29 is 4.79 Å². The largest absolute Gasteiger partial charge is 0.294 e. The first kappa shape index (κ1) is 13.1. The van der Waals surface area contributed by atoms with Gasteiger partial charge in [0.15, 0.2) is 5.78 Å². The Morgan fingerprint density at radius 3 is 2.15 bits per heavy atom. The van der Waals surface area contributed by atoms with Gasteiger partial charge in [-0.1, -0.05) is 61.5 Å². The number of rotatable bonds is 3. The zero-order valence-electron chi connectivity index (χ0n) is 11.9. The van der Waals surface area contributed by atoms with Crippen LogP contribution in [0.3, 0.4) is 0 Å². The van der Waals surface area contributed by atoms with Crippen LogP contribution in [0.15, 0.2) is 54.6 Å². The van der Waals surface area contributed by atoms with E-state index in [0.717, 1.165) is 18.4 Å². The van der Waals surface area contributed by atoms with Gasteiger partial charge in [0, 0.05) is 11.5 Å². The quantitative estimate of drug-likeness (QED) is 0.715. The third kappa shape index (κ3) is 2.67. The van der Waals surface area contributed by atoms with Crippen LogP contribution in [0.1, 0.15) is 36.5 Å². The van der Waals surface area contributed by atoms with Gasteiger partial charge in [0.05, 0.1) is 0 Å². The van der Waals surface area contributed by atoms with Crippen molar-refractivity contribution in [3.05, 3.63) is 60.2 Å². The summed E-state index contributed by atoms with van der Waals surface area (Å²) in [6.07, 6.45) is 3.30. The van der Waals surface area contributed by atoms with E-state index in [1.807, 2.05) is 30.3 Å². The zero-order valence-corrected chi connectivity index (χ0v) is 11.9. The normalized spacial score (nSPS) is 21.9. The topological polar surface area (TPSA) is 17.1 Å². The molecule has 0 aromatic heterocycles. The second-order valence-electron chi connectivity index (χ2n) is 5.92. The smallest absolute Gasteiger partial charge is 0.165 e. The van der Waals surface area contributed by atoms with Crippen molar-refractivity contribution in [3.8, 4) is 11.1 Å². The second-order valence-corrected chi connectivity index (χ2v) is 5.92. The van der Waals surface area contributed by atoms with Gasteiger partial charge in [0.25, 0.3) is 0 Å². The molecule has 0 bridgehead atoms. The van der Waals surface area contributed by atoms with E-state index in [1.54, 1.807) is 0 Å². The molecule has 2 unspecified atom stereocenters. The zero-order chi connectivity index (χ0) is 13.9. The molecular formula is C19H20O. The molecule has 1 heteroatoms. The Balaban J connectivity index is 1.78. The molecule has 0 N–H and O–H groups in total. The Kier molecular flexibility index (Phi) is 3.68. The summed E-state index contributed by atoms with van der Waals surface area (Å²) in [4.78, 5) is 12.4. The Hall–Kier alpha value is -1.89. The fraction of sp³-hybridized carbons (Fsp3) is 0.316. The highest BCUT2D eigenvalue weighted by Gasteiger charge is 2.27. The molecule has 0 aliphatic heterocycles. The van der Waals surface area contributed by atoms with Gasteiger partial charge in [-0.2, -0.15) is 0 Å². The van der Waals surface area contributed by atoms with E-state index in [0.29, 0.717) is 11.7 Å². The lowest BCUT2D eigenvalue weighted by Gasteiger charge is -2.09. The molecule has 0 spiro atoms. The third-order valence-corrected chi connectivity index (χ3v) is 4.34. The van der Waals surface area contributed by atoms with E-state index in [1.165, 1.54) is 17.5 Å². The summed E-state index contributed by atoms with van der Waals surface area (Å²) >= 11 is 0. The summed E-state index contributed by atoms with van der Waals surface area (Å²) < 4.78 is 0. The molecule has 0 radical (unpaired) electrons. The summed E-state index contributed by atoms with van der Waals surface area (Å²) in [6, 6.07) is 18.3. The van der Waals surface area contributed by atoms with Gasteiger partial charge in [0.2, 0.25) is 0 Å². The molecule has 2 aromatic rings. The van der Waals surface area contributed by atoms with Gasteiger partial charge in [-0.15, -0.1) is 0 Å². The van der Waals surface area contributed by atoms with Crippen molar-refractivity contribution in [3.63, 3.8) is 0 Å². The summed E-state index contributed by atoms with van der Waals surface area (Å²) in [6.45, 7) is 2.24. The van der Waals surface area contributed by atoms with E-state index in [-0.39, 0.29) is 5.92 Å². The molecule has 20 heavy (non-hydrogen) atoms. The van der Waals surface area contributed by atoms with Gasteiger partial charge in [0.1, 0.15) is 0 Å². The van der Waals surface area contributed by atoms with Gasteiger partial charge < -0.3 is 0 Å². The lowest BCUT2D eigenvalue weighted by Crippen LogP contribution is -2.11. The molecule has 1 aliphatic carbocycles. The molecule has 0 saturated heterocycles. The Morgan fingerprint density at radius 2 is 1.55 bits per heavy atom. The maximum absolute atomic E-state index is 12.4. The lowest BCUT2D eigenvalue weighted by molar-refractivity contribution is 0.0920. The molecule has 0 amide bonds. The van der Waals surface area contributed by atoms with Crippen LogP contribution in [0.4, 0.5) is 0 Å². The standard InChI is InChI=1S/C19H20O/c1-14-7-8-18(13-14)19(20)17-11-9-16(10-12-17)15-5-3-2-4-6-15/h2-6,9-12,14,18H,7-8,13H2,1H3. The van der Waals surface area contributed by atoms with Gasteiger partial charge >= 0.3 is 0 Å². The first-order chi connectivity index (χ1) is 9.74. The highest BCUT2D eigenvalue weighted by atomic mass is 16.1. The SMILES string of the molecule is CC1CCC(C(=O)c2ccc(-c3ccccc3)cc2)C1. The van der Waals surface area contributed by atoms with Crippen LogP contribution < -0.4 is 0 Å². The minimum absolute atomic E-state index is 0.243. The molecule has 0 heterocycles. The molecule has 2 aromatic carbocycles. The average molecular weight is 264 g/mol. The van der Waals surface area contributed by atoms with Crippen molar-refractivity contribution in [1.29, 1.82) is 0 Å². The number of carbonyl (C=O) groups is 1. The molecule has 1 nitrogen and oxygen atoms in total. The Labute approximate surface area is 120 Å². The maximum Gasteiger partial charge on any atom is 0.165 e. The number of carbonyl (C=O) groups excluding carboxylic acids is 1. The fourth-order valence-corrected chi connectivity index (χ4v) is 3.14.